The summed E-state index contributed by atoms with van der Waals surface area (Å²) >= 11 is 1.66. The minimum absolute atomic E-state index is 0.725. The molecule has 3 rings (SSSR count). The van der Waals surface area contributed by atoms with Gasteiger partial charge in [0.15, 0.2) is 5.13 Å². The average Bonchev–Trinajstić information content (AvgIpc) is 2.69. The summed E-state index contributed by atoms with van der Waals surface area (Å²) in [5.74, 6) is 0. The van der Waals surface area contributed by atoms with E-state index in [4.69, 9.17) is 5.73 Å². The van der Waals surface area contributed by atoms with Gasteiger partial charge in [0.05, 0.1) is 5.69 Å². The molecule has 0 fully saturated rings. The Hall–Kier alpha value is -1.39. The molecule has 19 heavy (non-hydrogen) atoms. The maximum absolute atomic E-state index is 5.77. The molecule has 0 spiro atoms. The second-order valence-corrected chi connectivity index (χ2v) is 6.11. The van der Waals surface area contributed by atoms with Gasteiger partial charge in [-0.1, -0.05) is 30.3 Å². The lowest BCUT2D eigenvalue weighted by Crippen LogP contribution is -2.28. The summed E-state index contributed by atoms with van der Waals surface area (Å²) in [6, 6.07) is 10.7. The first-order chi connectivity index (χ1) is 9.31. The van der Waals surface area contributed by atoms with Crippen molar-refractivity contribution in [1.82, 2.24) is 9.88 Å². The normalized spacial score (nSPS) is 16.0. The van der Waals surface area contributed by atoms with Crippen LogP contribution >= 0.6 is 11.3 Å². The Morgan fingerprint density at radius 1 is 1.16 bits per heavy atom. The summed E-state index contributed by atoms with van der Waals surface area (Å²) in [5.41, 5.74) is 8.42. The van der Waals surface area contributed by atoms with Gasteiger partial charge in [-0.3, -0.25) is 0 Å². The van der Waals surface area contributed by atoms with E-state index in [1.165, 1.54) is 16.1 Å². The second-order valence-electron chi connectivity index (χ2n) is 5.00. The molecule has 0 bridgehead atoms. The molecule has 1 aromatic carbocycles. The van der Waals surface area contributed by atoms with Gasteiger partial charge in [0.2, 0.25) is 0 Å². The Bertz CT molecular complexity index is 510. The molecule has 0 saturated heterocycles. The van der Waals surface area contributed by atoms with Crippen molar-refractivity contribution in [2.24, 2.45) is 0 Å². The molecule has 4 heteroatoms. The van der Waals surface area contributed by atoms with Crippen molar-refractivity contribution in [2.75, 3.05) is 25.4 Å². The number of nitrogens with two attached hydrogens (primary N) is 1. The van der Waals surface area contributed by atoms with Crippen LogP contribution in [0.2, 0.25) is 0 Å². The van der Waals surface area contributed by atoms with Crippen molar-refractivity contribution in [3.8, 4) is 0 Å². The molecule has 0 atom stereocenters. The van der Waals surface area contributed by atoms with Crippen LogP contribution in [0.1, 0.15) is 16.1 Å². The van der Waals surface area contributed by atoms with Gasteiger partial charge in [0.25, 0.3) is 0 Å². The van der Waals surface area contributed by atoms with Crippen molar-refractivity contribution in [1.29, 1.82) is 0 Å². The van der Waals surface area contributed by atoms with Gasteiger partial charge in [-0.25, -0.2) is 4.98 Å². The molecule has 0 aliphatic carbocycles. The predicted molar refractivity (Wildman–Crippen MR) is 80.5 cm³/mol. The molecule has 2 aromatic rings. The van der Waals surface area contributed by atoms with Gasteiger partial charge >= 0.3 is 0 Å². The van der Waals surface area contributed by atoms with E-state index in [9.17, 15) is 0 Å². The number of hydrogen-bond donors (Lipinski definition) is 1. The zero-order chi connectivity index (χ0) is 13.1. The van der Waals surface area contributed by atoms with Crippen molar-refractivity contribution in [3.63, 3.8) is 0 Å². The highest BCUT2D eigenvalue weighted by Crippen LogP contribution is 2.24. The van der Waals surface area contributed by atoms with Crippen molar-refractivity contribution in [2.45, 2.75) is 19.3 Å². The van der Waals surface area contributed by atoms with E-state index < -0.39 is 0 Å². The molecule has 0 radical (unpaired) electrons. The van der Waals surface area contributed by atoms with Crippen LogP contribution in [-0.4, -0.2) is 29.5 Å². The molecule has 1 aromatic heterocycles. The minimum Gasteiger partial charge on any atom is -0.375 e. The van der Waals surface area contributed by atoms with Crippen molar-refractivity contribution in [3.05, 3.63) is 46.5 Å². The maximum Gasteiger partial charge on any atom is 0.180 e. The maximum atomic E-state index is 5.77. The summed E-state index contributed by atoms with van der Waals surface area (Å²) in [4.78, 5) is 8.36. The molecular weight excluding hydrogens is 254 g/mol. The van der Waals surface area contributed by atoms with Crippen LogP contribution < -0.4 is 5.73 Å². The number of nitrogen functional groups attached to an aromatic ring is 1. The van der Waals surface area contributed by atoms with Crippen molar-refractivity contribution >= 4 is 16.5 Å². The zero-order valence-corrected chi connectivity index (χ0v) is 11.8. The number of hydrogen-bond acceptors (Lipinski definition) is 4. The number of fused-ring (bicyclic) bond motifs is 1. The lowest BCUT2D eigenvalue weighted by Gasteiger charge is -2.19. The third kappa shape index (κ3) is 3.14. The van der Waals surface area contributed by atoms with Gasteiger partial charge in [-0.2, -0.15) is 0 Å². The molecule has 2 N–H and O–H groups in total. The highest BCUT2D eigenvalue weighted by molar-refractivity contribution is 7.15. The summed E-state index contributed by atoms with van der Waals surface area (Å²) < 4.78 is 0. The van der Waals surface area contributed by atoms with E-state index in [1.54, 1.807) is 11.3 Å². The standard InChI is InChI=1S/C15H19N3S/c16-15-17-13-7-10-18(11-8-14(13)19-15)9-6-12-4-2-1-3-5-12/h1-5H,6-11H2,(H2,16,17). The summed E-state index contributed by atoms with van der Waals surface area (Å²) in [6.07, 6.45) is 3.26. The smallest absolute Gasteiger partial charge is 0.180 e. The lowest BCUT2D eigenvalue weighted by atomic mass is 10.1. The molecular formula is C15H19N3S. The van der Waals surface area contributed by atoms with Gasteiger partial charge in [0.1, 0.15) is 0 Å². The number of nitrogens with zero attached hydrogens (tertiary/aromatic N) is 2. The Balaban J connectivity index is 1.56. The average molecular weight is 273 g/mol. The van der Waals surface area contributed by atoms with Crippen LogP contribution in [0.25, 0.3) is 0 Å². The molecule has 0 saturated carbocycles. The Morgan fingerprint density at radius 3 is 2.79 bits per heavy atom. The second kappa shape index (κ2) is 5.72. The molecule has 2 heterocycles. The highest BCUT2D eigenvalue weighted by Gasteiger charge is 2.17. The molecule has 0 unspecified atom stereocenters. The van der Waals surface area contributed by atoms with Gasteiger partial charge in [0, 0.05) is 30.9 Å². The largest absolute Gasteiger partial charge is 0.375 e. The first kappa shape index (κ1) is 12.6. The topological polar surface area (TPSA) is 42.1 Å². The fourth-order valence-corrected chi connectivity index (χ4v) is 3.45. The molecule has 3 nitrogen and oxygen atoms in total. The summed E-state index contributed by atoms with van der Waals surface area (Å²) in [7, 11) is 0. The van der Waals surface area contributed by atoms with Crippen LogP contribution in [0.4, 0.5) is 5.13 Å². The third-order valence-electron chi connectivity index (χ3n) is 3.67. The van der Waals surface area contributed by atoms with Crippen LogP contribution in [0.15, 0.2) is 30.3 Å². The SMILES string of the molecule is Nc1nc2c(s1)CCN(CCc1ccccc1)CC2. The van der Waals surface area contributed by atoms with E-state index >= 15 is 0 Å². The van der Waals surface area contributed by atoms with E-state index in [1.807, 2.05) is 0 Å². The van der Waals surface area contributed by atoms with Gasteiger partial charge < -0.3 is 10.6 Å². The first-order valence-electron chi connectivity index (χ1n) is 6.81. The Morgan fingerprint density at radius 2 is 1.95 bits per heavy atom. The predicted octanol–water partition coefficient (Wildman–Crippen LogP) is 2.37. The van der Waals surface area contributed by atoms with E-state index in [0.717, 1.165) is 44.0 Å². The van der Waals surface area contributed by atoms with Gasteiger partial charge in [-0.15, -0.1) is 11.3 Å². The number of benzene rings is 1. The van der Waals surface area contributed by atoms with Crippen molar-refractivity contribution < 1.29 is 0 Å². The number of aromatic nitrogens is 1. The Kier molecular flexibility index (Phi) is 3.80. The fourth-order valence-electron chi connectivity index (χ4n) is 2.58. The molecule has 100 valence electrons. The first-order valence-corrected chi connectivity index (χ1v) is 7.63. The lowest BCUT2D eigenvalue weighted by molar-refractivity contribution is 0.291. The van der Waals surface area contributed by atoms with Gasteiger partial charge in [-0.05, 0) is 18.4 Å². The number of anilines is 1. The van der Waals surface area contributed by atoms with E-state index in [-0.39, 0.29) is 0 Å². The third-order valence-corrected chi connectivity index (χ3v) is 4.66. The van der Waals surface area contributed by atoms with Crippen LogP contribution in [0, 0.1) is 0 Å². The van der Waals surface area contributed by atoms with Crippen LogP contribution in [-0.2, 0) is 19.3 Å². The monoisotopic (exact) mass is 273 g/mol. The number of rotatable bonds is 3. The summed E-state index contributed by atoms with van der Waals surface area (Å²) in [5, 5.41) is 0.725. The van der Waals surface area contributed by atoms with Crippen LogP contribution in [0.5, 0.6) is 0 Å². The zero-order valence-electron chi connectivity index (χ0n) is 11.0. The van der Waals surface area contributed by atoms with E-state index in [0.29, 0.717) is 0 Å². The molecule has 1 aliphatic heterocycles. The highest BCUT2D eigenvalue weighted by atomic mass is 32.1. The number of thiazole rings is 1. The van der Waals surface area contributed by atoms with Crippen LogP contribution in [0.3, 0.4) is 0 Å². The fraction of sp³-hybridized carbons (Fsp3) is 0.400. The quantitative estimate of drug-likeness (QED) is 0.933. The molecule has 0 amide bonds. The van der Waals surface area contributed by atoms with E-state index in [2.05, 4.69) is 40.2 Å². The summed E-state index contributed by atoms with van der Waals surface area (Å²) in [6.45, 7) is 3.36. The Labute approximate surface area is 118 Å². The minimum atomic E-state index is 0.725. The molecule has 1 aliphatic rings.